The zero-order valence-electron chi connectivity index (χ0n) is 5.42. The van der Waals surface area contributed by atoms with Crippen LogP contribution >= 0.6 is 0 Å². The molecule has 0 radical (unpaired) electrons. The van der Waals surface area contributed by atoms with Crippen LogP contribution in [0.1, 0.15) is 13.8 Å². The Kier molecular flexibility index (Phi) is 4.95. The molecule has 0 atom stereocenters. The van der Waals surface area contributed by atoms with Gasteiger partial charge in [-0.05, 0) is 0 Å². The smallest absolute Gasteiger partial charge is 0.164 e. The molecule has 3 heteroatoms. The first-order valence-electron chi connectivity index (χ1n) is 2.83. The van der Waals surface area contributed by atoms with E-state index in [0.717, 1.165) is 13.1 Å². The molecule has 0 aliphatic carbocycles. The number of hydroxylamine groups is 2. The Morgan fingerprint density at radius 2 is 1.88 bits per heavy atom. The minimum atomic E-state index is -0.221. The van der Waals surface area contributed by atoms with Crippen molar-refractivity contribution in [2.75, 3.05) is 19.9 Å². The van der Waals surface area contributed by atoms with Gasteiger partial charge >= 0.3 is 0 Å². The number of aliphatic hydroxyl groups excluding tert-OH is 1. The maximum atomic E-state index is 8.24. The second-order valence-corrected chi connectivity index (χ2v) is 1.37. The van der Waals surface area contributed by atoms with Crippen molar-refractivity contribution in [1.82, 2.24) is 5.06 Å². The molecule has 0 aromatic carbocycles. The number of hydrogen-bond donors (Lipinski definition) is 1. The van der Waals surface area contributed by atoms with Gasteiger partial charge < -0.3 is 5.11 Å². The highest BCUT2D eigenvalue weighted by atomic mass is 16.7. The lowest BCUT2D eigenvalue weighted by Gasteiger charge is -2.14. The van der Waals surface area contributed by atoms with Crippen molar-refractivity contribution in [3.05, 3.63) is 0 Å². The molecule has 1 N–H and O–H groups in total. The lowest BCUT2D eigenvalue weighted by Crippen LogP contribution is -2.23. The normalized spacial score (nSPS) is 10.5. The van der Waals surface area contributed by atoms with Gasteiger partial charge in [-0.2, -0.15) is 5.06 Å². The zero-order valence-corrected chi connectivity index (χ0v) is 5.42. The first-order valence-corrected chi connectivity index (χ1v) is 2.83. The van der Waals surface area contributed by atoms with Crippen molar-refractivity contribution in [3.63, 3.8) is 0 Å². The van der Waals surface area contributed by atoms with Crippen molar-refractivity contribution < 1.29 is 9.94 Å². The quantitative estimate of drug-likeness (QED) is 0.424. The molecule has 8 heavy (non-hydrogen) atoms. The van der Waals surface area contributed by atoms with Gasteiger partial charge in [0.2, 0.25) is 0 Å². The molecule has 0 aliphatic heterocycles. The fourth-order valence-corrected chi connectivity index (χ4v) is 0.488. The van der Waals surface area contributed by atoms with Crippen molar-refractivity contribution in [2.24, 2.45) is 0 Å². The molecule has 0 saturated carbocycles. The van der Waals surface area contributed by atoms with Crippen LogP contribution in [0.15, 0.2) is 0 Å². The summed E-state index contributed by atoms with van der Waals surface area (Å²) in [6.45, 7) is 5.36. The van der Waals surface area contributed by atoms with Gasteiger partial charge in [0.1, 0.15) is 0 Å². The van der Waals surface area contributed by atoms with Crippen LogP contribution in [0, 0.1) is 0 Å². The average Bonchev–Trinajstić information content (AvgIpc) is 1.83. The summed E-state index contributed by atoms with van der Waals surface area (Å²) < 4.78 is 0. The van der Waals surface area contributed by atoms with Gasteiger partial charge in [0, 0.05) is 13.1 Å². The molecular formula is C5H13NO2. The molecule has 0 unspecified atom stereocenters. The predicted octanol–water partition coefficient (Wildman–Crippen LogP) is 0.210. The van der Waals surface area contributed by atoms with E-state index in [2.05, 4.69) is 0 Å². The average molecular weight is 119 g/mol. The van der Waals surface area contributed by atoms with Crippen molar-refractivity contribution >= 4 is 0 Å². The van der Waals surface area contributed by atoms with Crippen LogP contribution in [0.5, 0.6) is 0 Å². The molecule has 0 aromatic rings. The van der Waals surface area contributed by atoms with Gasteiger partial charge in [-0.3, -0.25) is 4.84 Å². The fraction of sp³-hybridized carbons (Fsp3) is 1.00. The molecule has 0 amide bonds. The van der Waals surface area contributed by atoms with Gasteiger partial charge in [0.15, 0.2) is 6.79 Å². The lowest BCUT2D eigenvalue weighted by atomic mass is 10.6. The predicted molar refractivity (Wildman–Crippen MR) is 31.1 cm³/mol. The first-order chi connectivity index (χ1) is 3.85. The SMILES string of the molecule is CCN(CC)OCO. The van der Waals surface area contributed by atoms with E-state index in [9.17, 15) is 0 Å². The van der Waals surface area contributed by atoms with Gasteiger partial charge in [-0.1, -0.05) is 13.8 Å². The van der Waals surface area contributed by atoms with Gasteiger partial charge in [-0.15, -0.1) is 0 Å². The Labute approximate surface area is 49.8 Å². The Bertz CT molecular complexity index is 45.7. The van der Waals surface area contributed by atoms with E-state index in [1.807, 2.05) is 13.8 Å². The Balaban J connectivity index is 3.07. The van der Waals surface area contributed by atoms with E-state index in [0.29, 0.717) is 0 Å². The van der Waals surface area contributed by atoms with E-state index < -0.39 is 0 Å². The molecule has 0 heterocycles. The number of aliphatic hydroxyl groups is 1. The van der Waals surface area contributed by atoms with Gasteiger partial charge in [0.25, 0.3) is 0 Å². The second-order valence-electron chi connectivity index (χ2n) is 1.37. The standard InChI is InChI=1S/C5H13NO2/c1-3-6(4-2)8-5-7/h7H,3-5H2,1-2H3. The third-order valence-corrected chi connectivity index (χ3v) is 0.946. The number of hydrogen-bond acceptors (Lipinski definition) is 3. The van der Waals surface area contributed by atoms with Crippen LogP contribution in [-0.2, 0) is 4.84 Å². The molecule has 0 bridgehead atoms. The third-order valence-electron chi connectivity index (χ3n) is 0.946. The van der Waals surface area contributed by atoms with Crippen LogP contribution in [0.4, 0.5) is 0 Å². The van der Waals surface area contributed by atoms with Crippen LogP contribution in [0.25, 0.3) is 0 Å². The van der Waals surface area contributed by atoms with Gasteiger partial charge in [0.05, 0.1) is 0 Å². The third kappa shape index (κ3) is 2.96. The summed E-state index contributed by atoms with van der Waals surface area (Å²) >= 11 is 0. The summed E-state index contributed by atoms with van der Waals surface area (Å²) in [7, 11) is 0. The molecule has 0 saturated heterocycles. The summed E-state index contributed by atoms with van der Waals surface area (Å²) in [5.74, 6) is 0. The molecule has 0 aromatic heterocycles. The molecule has 0 fully saturated rings. The maximum absolute atomic E-state index is 8.24. The molecule has 3 nitrogen and oxygen atoms in total. The largest absolute Gasteiger partial charge is 0.369 e. The van der Waals surface area contributed by atoms with E-state index in [4.69, 9.17) is 9.94 Å². The molecule has 0 rings (SSSR count). The van der Waals surface area contributed by atoms with Crippen molar-refractivity contribution in [3.8, 4) is 0 Å². The number of rotatable bonds is 4. The molecule has 50 valence electrons. The van der Waals surface area contributed by atoms with E-state index >= 15 is 0 Å². The highest BCUT2D eigenvalue weighted by Crippen LogP contribution is 1.84. The number of nitrogens with zero attached hydrogens (tertiary/aromatic N) is 1. The highest BCUT2D eigenvalue weighted by molar-refractivity contribution is 4.30. The van der Waals surface area contributed by atoms with E-state index in [1.54, 1.807) is 5.06 Å². The van der Waals surface area contributed by atoms with E-state index in [1.165, 1.54) is 0 Å². The summed E-state index contributed by atoms with van der Waals surface area (Å²) in [5.41, 5.74) is 0. The topological polar surface area (TPSA) is 32.7 Å². The minimum Gasteiger partial charge on any atom is -0.369 e. The maximum Gasteiger partial charge on any atom is 0.164 e. The van der Waals surface area contributed by atoms with Crippen LogP contribution in [0.3, 0.4) is 0 Å². The van der Waals surface area contributed by atoms with Gasteiger partial charge in [-0.25, -0.2) is 0 Å². The minimum absolute atomic E-state index is 0.221. The zero-order chi connectivity index (χ0) is 6.41. The fourth-order valence-electron chi connectivity index (χ4n) is 0.488. The second kappa shape index (κ2) is 5.03. The first kappa shape index (κ1) is 7.88. The lowest BCUT2D eigenvalue weighted by molar-refractivity contribution is -0.204. The highest BCUT2D eigenvalue weighted by Gasteiger charge is 1.93. The van der Waals surface area contributed by atoms with Crippen LogP contribution in [-0.4, -0.2) is 30.1 Å². The Hall–Kier alpha value is -0.120. The summed E-state index contributed by atoms with van der Waals surface area (Å²) in [6.07, 6.45) is 0. The van der Waals surface area contributed by atoms with Crippen molar-refractivity contribution in [2.45, 2.75) is 13.8 Å². The summed E-state index contributed by atoms with van der Waals surface area (Å²) in [4.78, 5) is 4.73. The monoisotopic (exact) mass is 119 g/mol. The molecular weight excluding hydrogens is 106 g/mol. The Morgan fingerprint density at radius 1 is 1.38 bits per heavy atom. The van der Waals surface area contributed by atoms with Crippen LogP contribution in [0.2, 0.25) is 0 Å². The summed E-state index contributed by atoms with van der Waals surface area (Å²) in [5, 5.41) is 9.92. The summed E-state index contributed by atoms with van der Waals surface area (Å²) in [6, 6.07) is 0. The molecule has 0 aliphatic rings. The molecule has 0 spiro atoms. The van der Waals surface area contributed by atoms with E-state index in [-0.39, 0.29) is 6.79 Å². The van der Waals surface area contributed by atoms with Crippen molar-refractivity contribution in [1.29, 1.82) is 0 Å². The van der Waals surface area contributed by atoms with Crippen LogP contribution < -0.4 is 0 Å². The Morgan fingerprint density at radius 3 is 2.00 bits per heavy atom.